The van der Waals surface area contributed by atoms with E-state index in [1.165, 1.54) is 0 Å². The smallest absolute Gasteiger partial charge is 0.192 e. The number of hydrogen-bond acceptors (Lipinski definition) is 4. The van der Waals surface area contributed by atoms with Crippen molar-refractivity contribution in [3.8, 4) is 0 Å². The molecule has 0 unspecified atom stereocenters. The summed E-state index contributed by atoms with van der Waals surface area (Å²) in [5, 5.41) is 0.789. The van der Waals surface area contributed by atoms with E-state index in [1.807, 2.05) is 38.1 Å². The third-order valence-corrected chi connectivity index (χ3v) is 3.16. The molecule has 2 N–H and O–H groups in total. The predicted octanol–water partition coefficient (Wildman–Crippen LogP) is 2.70. The van der Waals surface area contributed by atoms with Crippen LogP contribution in [-0.2, 0) is 6.54 Å². The quantitative estimate of drug-likeness (QED) is 0.845. The van der Waals surface area contributed by atoms with Crippen LogP contribution in [0.15, 0.2) is 40.4 Å². The SMILES string of the molecule is Cc1cc(C)nc(Sc2cccc(CN)c2)n1. The minimum atomic E-state index is 0.558. The van der Waals surface area contributed by atoms with E-state index in [4.69, 9.17) is 5.73 Å². The van der Waals surface area contributed by atoms with Crippen LogP contribution in [0.25, 0.3) is 0 Å². The Kier molecular flexibility index (Phi) is 3.76. The molecule has 0 atom stereocenters. The van der Waals surface area contributed by atoms with Gasteiger partial charge < -0.3 is 5.73 Å². The normalized spacial score (nSPS) is 10.5. The van der Waals surface area contributed by atoms with Gasteiger partial charge in [-0.15, -0.1) is 0 Å². The van der Waals surface area contributed by atoms with Crippen LogP contribution in [0.5, 0.6) is 0 Å². The van der Waals surface area contributed by atoms with Crippen LogP contribution < -0.4 is 5.73 Å². The molecule has 0 amide bonds. The van der Waals surface area contributed by atoms with Gasteiger partial charge in [-0.25, -0.2) is 9.97 Å². The molecule has 2 rings (SSSR count). The molecule has 0 aliphatic rings. The van der Waals surface area contributed by atoms with Gasteiger partial charge in [0.25, 0.3) is 0 Å². The number of nitrogens with two attached hydrogens (primary N) is 1. The highest BCUT2D eigenvalue weighted by Gasteiger charge is 2.03. The molecule has 0 aliphatic heterocycles. The fraction of sp³-hybridized carbons (Fsp3) is 0.231. The van der Waals surface area contributed by atoms with Crippen molar-refractivity contribution in [1.82, 2.24) is 9.97 Å². The van der Waals surface area contributed by atoms with E-state index in [9.17, 15) is 0 Å². The maximum absolute atomic E-state index is 5.62. The van der Waals surface area contributed by atoms with Gasteiger partial charge in [-0.2, -0.15) is 0 Å². The largest absolute Gasteiger partial charge is 0.326 e. The van der Waals surface area contributed by atoms with E-state index in [0.29, 0.717) is 6.54 Å². The van der Waals surface area contributed by atoms with Gasteiger partial charge in [0, 0.05) is 22.8 Å². The molecule has 1 heterocycles. The highest BCUT2D eigenvalue weighted by atomic mass is 32.2. The summed E-state index contributed by atoms with van der Waals surface area (Å²) < 4.78 is 0. The third-order valence-electron chi connectivity index (χ3n) is 2.31. The Balaban J connectivity index is 2.24. The van der Waals surface area contributed by atoms with Crippen LogP contribution in [0.4, 0.5) is 0 Å². The van der Waals surface area contributed by atoms with Crippen molar-refractivity contribution >= 4 is 11.8 Å². The molecular weight excluding hydrogens is 230 g/mol. The summed E-state index contributed by atoms with van der Waals surface area (Å²) in [6.07, 6.45) is 0. The Hall–Kier alpha value is -1.39. The molecular formula is C13H15N3S. The average Bonchev–Trinajstić information content (AvgIpc) is 2.28. The third kappa shape index (κ3) is 3.28. The highest BCUT2D eigenvalue weighted by Crippen LogP contribution is 2.25. The number of hydrogen-bond donors (Lipinski definition) is 1. The van der Waals surface area contributed by atoms with Crippen molar-refractivity contribution in [2.24, 2.45) is 5.73 Å². The minimum Gasteiger partial charge on any atom is -0.326 e. The predicted molar refractivity (Wildman–Crippen MR) is 70.0 cm³/mol. The molecule has 2 aromatic rings. The Morgan fingerprint density at radius 1 is 1.12 bits per heavy atom. The van der Waals surface area contributed by atoms with Crippen LogP contribution in [0, 0.1) is 13.8 Å². The molecule has 3 nitrogen and oxygen atoms in total. The van der Waals surface area contributed by atoms with Crippen molar-refractivity contribution in [2.75, 3.05) is 0 Å². The Bertz CT molecular complexity index is 506. The topological polar surface area (TPSA) is 51.8 Å². The Morgan fingerprint density at radius 2 is 1.82 bits per heavy atom. The number of rotatable bonds is 3. The first-order chi connectivity index (χ1) is 8.17. The Morgan fingerprint density at radius 3 is 2.47 bits per heavy atom. The van der Waals surface area contributed by atoms with Crippen molar-refractivity contribution in [3.63, 3.8) is 0 Å². The molecule has 1 aromatic carbocycles. The molecule has 17 heavy (non-hydrogen) atoms. The molecule has 0 saturated carbocycles. The van der Waals surface area contributed by atoms with E-state index in [1.54, 1.807) is 11.8 Å². The second-order valence-electron chi connectivity index (χ2n) is 3.89. The zero-order valence-corrected chi connectivity index (χ0v) is 10.8. The molecule has 0 radical (unpaired) electrons. The lowest BCUT2D eigenvalue weighted by Gasteiger charge is -2.04. The minimum absolute atomic E-state index is 0.558. The first-order valence-electron chi connectivity index (χ1n) is 5.46. The highest BCUT2D eigenvalue weighted by molar-refractivity contribution is 7.99. The van der Waals surface area contributed by atoms with Crippen LogP contribution in [0.1, 0.15) is 17.0 Å². The molecule has 0 bridgehead atoms. The average molecular weight is 245 g/mol. The molecule has 0 fully saturated rings. The standard InChI is InChI=1S/C13H15N3S/c1-9-6-10(2)16-13(15-9)17-12-5-3-4-11(7-12)8-14/h3-7H,8,14H2,1-2H3. The Labute approximate surface area is 105 Å². The van der Waals surface area contributed by atoms with Gasteiger partial charge in [0.2, 0.25) is 0 Å². The number of benzene rings is 1. The molecule has 0 aliphatic carbocycles. The van der Waals surface area contributed by atoms with Crippen LogP contribution in [0.2, 0.25) is 0 Å². The molecule has 0 spiro atoms. The van der Waals surface area contributed by atoms with Gasteiger partial charge >= 0.3 is 0 Å². The van der Waals surface area contributed by atoms with Gasteiger partial charge in [-0.05, 0) is 49.4 Å². The van der Waals surface area contributed by atoms with Gasteiger partial charge in [0.1, 0.15) is 0 Å². The lowest BCUT2D eigenvalue weighted by Crippen LogP contribution is -1.96. The summed E-state index contributed by atoms with van der Waals surface area (Å²) in [7, 11) is 0. The second-order valence-corrected chi connectivity index (χ2v) is 4.93. The van der Waals surface area contributed by atoms with Crippen molar-refractivity contribution in [3.05, 3.63) is 47.3 Å². The zero-order valence-electron chi connectivity index (χ0n) is 9.97. The summed E-state index contributed by atoms with van der Waals surface area (Å²) in [4.78, 5) is 9.93. The van der Waals surface area contributed by atoms with Gasteiger partial charge in [0.05, 0.1) is 0 Å². The van der Waals surface area contributed by atoms with Crippen LogP contribution in [0.3, 0.4) is 0 Å². The number of aryl methyl sites for hydroxylation is 2. The fourth-order valence-electron chi connectivity index (χ4n) is 1.58. The van der Waals surface area contributed by atoms with Crippen LogP contribution in [-0.4, -0.2) is 9.97 Å². The van der Waals surface area contributed by atoms with Gasteiger partial charge in [0.15, 0.2) is 5.16 Å². The summed E-state index contributed by atoms with van der Waals surface area (Å²) in [5.74, 6) is 0. The van der Waals surface area contributed by atoms with E-state index in [2.05, 4.69) is 16.0 Å². The van der Waals surface area contributed by atoms with E-state index in [0.717, 1.165) is 27.0 Å². The van der Waals surface area contributed by atoms with Crippen molar-refractivity contribution in [2.45, 2.75) is 30.4 Å². The lowest BCUT2D eigenvalue weighted by molar-refractivity contribution is 0.902. The number of aromatic nitrogens is 2. The maximum atomic E-state index is 5.62. The number of nitrogens with zero attached hydrogens (tertiary/aromatic N) is 2. The van der Waals surface area contributed by atoms with Crippen molar-refractivity contribution < 1.29 is 0 Å². The molecule has 0 saturated heterocycles. The van der Waals surface area contributed by atoms with Crippen LogP contribution >= 0.6 is 11.8 Å². The van der Waals surface area contributed by atoms with E-state index in [-0.39, 0.29) is 0 Å². The van der Waals surface area contributed by atoms with Gasteiger partial charge in [-0.1, -0.05) is 12.1 Å². The maximum Gasteiger partial charge on any atom is 0.192 e. The van der Waals surface area contributed by atoms with E-state index >= 15 is 0 Å². The summed E-state index contributed by atoms with van der Waals surface area (Å²) in [6, 6.07) is 10.1. The molecule has 88 valence electrons. The lowest BCUT2D eigenvalue weighted by atomic mass is 10.2. The van der Waals surface area contributed by atoms with Crippen molar-refractivity contribution in [1.29, 1.82) is 0 Å². The van der Waals surface area contributed by atoms with E-state index < -0.39 is 0 Å². The summed E-state index contributed by atoms with van der Waals surface area (Å²) in [6.45, 7) is 4.52. The summed E-state index contributed by atoms with van der Waals surface area (Å²) in [5.41, 5.74) is 8.73. The zero-order chi connectivity index (χ0) is 12.3. The molecule has 1 aromatic heterocycles. The monoisotopic (exact) mass is 245 g/mol. The van der Waals surface area contributed by atoms with Gasteiger partial charge in [-0.3, -0.25) is 0 Å². The first-order valence-corrected chi connectivity index (χ1v) is 6.28. The second kappa shape index (κ2) is 5.29. The fourth-order valence-corrected chi connectivity index (χ4v) is 2.53. The molecule has 4 heteroatoms. The first kappa shape index (κ1) is 12.1. The summed E-state index contributed by atoms with van der Waals surface area (Å²) >= 11 is 1.57.